The molecule has 0 unspecified atom stereocenters. The van der Waals surface area contributed by atoms with E-state index < -0.39 is 0 Å². The number of fused-ring (bicyclic) bond motifs is 6. The number of H-pyrrole nitrogens is 2. The van der Waals surface area contributed by atoms with E-state index in [1.54, 1.807) is 0 Å². The van der Waals surface area contributed by atoms with Crippen LogP contribution in [0.4, 0.5) is 0 Å². The molecule has 0 bridgehead atoms. The van der Waals surface area contributed by atoms with Gasteiger partial charge in [0.25, 0.3) is 0 Å². The average molecular weight is 912 g/mol. The highest BCUT2D eigenvalue weighted by Crippen LogP contribution is 2.38. The standard InChI is InChI=1S/C30H16I4N2/c31-17-5-7-27-23(9-17)25-13-19(33)11-21(29(25)35-27)15-1-2-16(4-3-15)22-12-20(34)14-26-24-10-18(32)6-8-28(24)36-30(22)26/h1-14,35-36H. The predicted molar refractivity (Wildman–Crippen MR) is 187 cm³/mol. The first-order valence-electron chi connectivity index (χ1n) is 11.4. The van der Waals surface area contributed by atoms with Gasteiger partial charge in [-0.05, 0) is 162 Å². The zero-order chi connectivity index (χ0) is 24.6. The highest BCUT2D eigenvalue weighted by atomic mass is 127. The minimum Gasteiger partial charge on any atom is -0.354 e. The molecule has 6 heteroatoms. The summed E-state index contributed by atoms with van der Waals surface area (Å²) in [5.74, 6) is 0. The molecular weight excluding hydrogens is 896 g/mol. The quantitative estimate of drug-likeness (QED) is 0.162. The van der Waals surface area contributed by atoms with Crippen LogP contribution >= 0.6 is 90.4 Å². The number of aromatic nitrogens is 2. The van der Waals surface area contributed by atoms with Crippen molar-refractivity contribution in [3.8, 4) is 22.3 Å². The summed E-state index contributed by atoms with van der Waals surface area (Å²) in [6, 6.07) is 31.4. The van der Waals surface area contributed by atoms with Crippen molar-refractivity contribution >= 4 is 134 Å². The van der Waals surface area contributed by atoms with E-state index in [9.17, 15) is 0 Å². The van der Waals surface area contributed by atoms with E-state index in [4.69, 9.17) is 0 Å². The first-order valence-corrected chi connectivity index (χ1v) is 15.7. The van der Waals surface area contributed by atoms with Crippen molar-refractivity contribution in [3.63, 3.8) is 0 Å². The van der Waals surface area contributed by atoms with Gasteiger partial charge in [-0.3, -0.25) is 0 Å². The highest BCUT2D eigenvalue weighted by Gasteiger charge is 2.14. The molecule has 0 fully saturated rings. The van der Waals surface area contributed by atoms with E-state index in [2.05, 4.69) is 185 Å². The maximum Gasteiger partial charge on any atom is 0.0545 e. The maximum absolute atomic E-state index is 3.68. The Hall–Kier alpha value is -1.38. The van der Waals surface area contributed by atoms with Gasteiger partial charge in [0.1, 0.15) is 0 Å². The van der Waals surface area contributed by atoms with E-state index in [1.807, 2.05) is 0 Å². The fourth-order valence-corrected chi connectivity index (χ4v) is 7.39. The largest absolute Gasteiger partial charge is 0.354 e. The van der Waals surface area contributed by atoms with E-state index in [0.29, 0.717) is 0 Å². The van der Waals surface area contributed by atoms with Crippen molar-refractivity contribution in [2.75, 3.05) is 0 Å². The Kier molecular flexibility index (Phi) is 6.01. The molecule has 7 rings (SSSR count). The van der Waals surface area contributed by atoms with Crippen LogP contribution in [0.2, 0.25) is 0 Å². The fourth-order valence-electron chi connectivity index (χ4n) is 5.16. The summed E-state index contributed by atoms with van der Waals surface area (Å²) in [6.07, 6.45) is 0. The summed E-state index contributed by atoms with van der Waals surface area (Å²) in [6.45, 7) is 0. The first-order chi connectivity index (χ1) is 17.4. The van der Waals surface area contributed by atoms with Gasteiger partial charge in [-0.2, -0.15) is 0 Å². The number of nitrogens with one attached hydrogen (secondary N) is 2. The van der Waals surface area contributed by atoms with Crippen molar-refractivity contribution in [1.82, 2.24) is 9.97 Å². The molecule has 0 amide bonds. The normalized spacial score (nSPS) is 11.9. The molecule has 0 radical (unpaired) electrons. The minimum atomic E-state index is 1.18. The number of benzene rings is 5. The molecular formula is C30H16I4N2. The molecule has 0 aliphatic heterocycles. The molecule has 5 aromatic carbocycles. The molecule has 0 spiro atoms. The van der Waals surface area contributed by atoms with Crippen molar-refractivity contribution in [3.05, 3.63) is 99.2 Å². The Morgan fingerprint density at radius 2 is 0.778 bits per heavy atom. The monoisotopic (exact) mass is 912 g/mol. The van der Waals surface area contributed by atoms with E-state index in [-0.39, 0.29) is 0 Å². The van der Waals surface area contributed by atoms with Crippen molar-refractivity contribution in [1.29, 1.82) is 0 Å². The third kappa shape index (κ3) is 3.97. The zero-order valence-electron chi connectivity index (χ0n) is 18.6. The molecule has 0 saturated heterocycles. The van der Waals surface area contributed by atoms with Gasteiger partial charge in [-0.1, -0.05) is 24.3 Å². The molecule has 2 aromatic heterocycles. The smallest absolute Gasteiger partial charge is 0.0545 e. The second-order valence-corrected chi connectivity index (χ2v) is 13.9. The lowest BCUT2D eigenvalue weighted by atomic mass is 9.97. The van der Waals surface area contributed by atoms with Crippen LogP contribution in [0.25, 0.3) is 65.9 Å². The lowest BCUT2D eigenvalue weighted by Crippen LogP contribution is -1.86. The Balaban J connectivity index is 1.40. The van der Waals surface area contributed by atoms with Crippen LogP contribution in [0.1, 0.15) is 0 Å². The molecule has 36 heavy (non-hydrogen) atoms. The average Bonchev–Trinajstić information content (AvgIpc) is 3.41. The molecule has 2 heterocycles. The minimum absolute atomic E-state index is 1.18. The molecule has 174 valence electrons. The van der Waals surface area contributed by atoms with Crippen LogP contribution in [0.15, 0.2) is 84.9 Å². The third-order valence-corrected chi connectivity index (χ3v) is 9.36. The first kappa shape index (κ1) is 23.7. The number of hydrogen-bond acceptors (Lipinski definition) is 0. The number of hydrogen-bond donors (Lipinski definition) is 2. The van der Waals surface area contributed by atoms with Gasteiger partial charge in [-0.25, -0.2) is 0 Å². The van der Waals surface area contributed by atoms with Gasteiger partial charge >= 0.3 is 0 Å². The second kappa shape index (κ2) is 9.12. The van der Waals surface area contributed by atoms with Crippen molar-refractivity contribution < 1.29 is 0 Å². The Labute approximate surface area is 262 Å². The van der Waals surface area contributed by atoms with Crippen molar-refractivity contribution in [2.24, 2.45) is 0 Å². The Bertz CT molecular complexity index is 1840. The summed E-state index contributed by atoms with van der Waals surface area (Å²) in [5, 5.41) is 5.12. The molecule has 0 atom stereocenters. The third-order valence-electron chi connectivity index (χ3n) is 6.78. The van der Waals surface area contributed by atoms with Crippen molar-refractivity contribution in [2.45, 2.75) is 0 Å². The number of rotatable bonds is 2. The summed E-state index contributed by atoms with van der Waals surface area (Å²) in [4.78, 5) is 7.37. The number of halogens is 4. The maximum atomic E-state index is 3.68. The van der Waals surface area contributed by atoms with E-state index >= 15 is 0 Å². The molecule has 7 aromatic rings. The van der Waals surface area contributed by atoms with Gasteiger partial charge in [0.2, 0.25) is 0 Å². The van der Waals surface area contributed by atoms with Crippen LogP contribution in [-0.4, -0.2) is 9.97 Å². The van der Waals surface area contributed by atoms with Gasteiger partial charge in [0.15, 0.2) is 0 Å². The molecule has 2 nitrogen and oxygen atoms in total. The summed E-state index contributed by atoms with van der Waals surface area (Å²) < 4.78 is 4.99. The Morgan fingerprint density at radius 3 is 1.19 bits per heavy atom. The van der Waals surface area contributed by atoms with Crippen LogP contribution in [-0.2, 0) is 0 Å². The van der Waals surface area contributed by atoms with Crippen LogP contribution < -0.4 is 0 Å². The second-order valence-electron chi connectivity index (χ2n) is 8.96. The SMILES string of the molecule is Ic1ccc2[nH]c3c(-c4ccc(-c5cc(I)cc6c5[nH]c5ccc(I)cc56)cc4)cc(I)cc3c2c1. The summed E-state index contributed by atoms with van der Waals surface area (Å²) in [5.41, 5.74) is 9.67. The van der Waals surface area contributed by atoms with E-state index in [0.717, 1.165) is 0 Å². The molecule has 2 N–H and O–H groups in total. The molecule has 0 saturated carbocycles. The molecule has 0 aliphatic rings. The van der Waals surface area contributed by atoms with Crippen LogP contribution in [0.3, 0.4) is 0 Å². The predicted octanol–water partition coefficient (Wildman–Crippen LogP) is 10.7. The van der Waals surface area contributed by atoms with Crippen LogP contribution in [0.5, 0.6) is 0 Å². The lowest BCUT2D eigenvalue weighted by molar-refractivity contribution is 1.51. The van der Waals surface area contributed by atoms with Gasteiger partial charge in [0, 0.05) is 58.0 Å². The van der Waals surface area contributed by atoms with Gasteiger partial charge < -0.3 is 9.97 Å². The topological polar surface area (TPSA) is 31.6 Å². The van der Waals surface area contributed by atoms with Gasteiger partial charge in [0.05, 0.1) is 11.0 Å². The summed E-state index contributed by atoms with van der Waals surface area (Å²) >= 11 is 9.65. The Morgan fingerprint density at radius 1 is 0.389 bits per heavy atom. The van der Waals surface area contributed by atoms with E-state index in [1.165, 1.54) is 80.1 Å². The summed E-state index contributed by atoms with van der Waals surface area (Å²) in [7, 11) is 0. The molecule has 0 aliphatic carbocycles. The number of aromatic amines is 2. The fraction of sp³-hybridized carbons (Fsp3) is 0. The highest BCUT2D eigenvalue weighted by molar-refractivity contribution is 14.1. The zero-order valence-corrected chi connectivity index (χ0v) is 27.2. The lowest BCUT2D eigenvalue weighted by Gasteiger charge is -2.09. The van der Waals surface area contributed by atoms with Gasteiger partial charge in [-0.15, -0.1) is 0 Å². The van der Waals surface area contributed by atoms with Crippen LogP contribution in [0, 0.1) is 14.3 Å².